The molecule has 0 saturated carbocycles. The number of amides is 1. The minimum Gasteiger partial charge on any atom is -0.369 e. The number of rotatable bonds is 5. The Hall–Kier alpha value is -2.33. The SMILES string of the molecule is O=C(NCCN1CCc2ccccc21)c1cccc(C2CCCNC2)c1. The molecule has 136 valence electrons. The van der Waals surface area contributed by atoms with Crippen molar-refractivity contribution in [3.63, 3.8) is 0 Å². The summed E-state index contributed by atoms with van der Waals surface area (Å²) in [6.45, 7) is 4.69. The van der Waals surface area contributed by atoms with Gasteiger partial charge in [0.05, 0.1) is 0 Å². The van der Waals surface area contributed by atoms with E-state index in [0.717, 1.165) is 38.2 Å². The molecule has 1 saturated heterocycles. The van der Waals surface area contributed by atoms with Crippen LogP contribution in [-0.2, 0) is 6.42 Å². The summed E-state index contributed by atoms with van der Waals surface area (Å²) in [5, 5.41) is 6.54. The molecule has 2 aliphatic rings. The first-order valence-electron chi connectivity index (χ1n) is 9.73. The van der Waals surface area contributed by atoms with Crippen molar-refractivity contribution in [3.05, 3.63) is 65.2 Å². The van der Waals surface area contributed by atoms with E-state index in [2.05, 4.69) is 51.9 Å². The Morgan fingerprint density at radius 3 is 3.00 bits per heavy atom. The lowest BCUT2D eigenvalue weighted by Gasteiger charge is -2.23. The number of piperidine rings is 1. The van der Waals surface area contributed by atoms with Crippen LogP contribution in [0, 0.1) is 0 Å². The Morgan fingerprint density at radius 1 is 1.19 bits per heavy atom. The molecule has 2 aromatic rings. The van der Waals surface area contributed by atoms with E-state index >= 15 is 0 Å². The van der Waals surface area contributed by atoms with Crippen molar-refractivity contribution in [2.24, 2.45) is 0 Å². The summed E-state index contributed by atoms with van der Waals surface area (Å²) in [4.78, 5) is 14.9. The van der Waals surface area contributed by atoms with E-state index in [4.69, 9.17) is 0 Å². The topological polar surface area (TPSA) is 44.4 Å². The van der Waals surface area contributed by atoms with Crippen LogP contribution in [0.15, 0.2) is 48.5 Å². The maximum atomic E-state index is 12.6. The number of nitrogens with zero attached hydrogens (tertiary/aromatic N) is 1. The monoisotopic (exact) mass is 349 g/mol. The number of carbonyl (C=O) groups excluding carboxylic acids is 1. The second kappa shape index (κ2) is 7.92. The van der Waals surface area contributed by atoms with E-state index in [1.165, 1.54) is 29.7 Å². The maximum absolute atomic E-state index is 12.6. The largest absolute Gasteiger partial charge is 0.369 e. The predicted molar refractivity (Wildman–Crippen MR) is 106 cm³/mol. The summed E-state index contributed by atoms with van der Waals surface area (Å²) in [5.41, 5.74) is 4.77. The van der Waals surface area contributed by atoms with E-state index in [1.54, 1.807) is 0 Å². The van der Waals surface area contributed by atoms with E-state index < -0.39 is 0 Å². The van der Waals surface area contributed by atoms with Crippen LogP contribution >= 0.6 is 0 Å². The van der Waals surface area contributed by atoms with E-state index in [9.17, 15) is 4.79 Å². The van der Waals surface area contributed by atoms with Gasteiger partial charge in [-0.25, -0.2) is 0 Å². The fourth-order valence-corrected chi connectivity index (χ4v) is 4.12. The molecule has 2 heterocycles. The van der Waals surface area contributed by atoms with Crippen LogP contribution in [-0.4, -0.2) is 38.6 Å². The quantitative estimate of drug-likeness (QED) is 0.872. The highest BCUT2D eigenvalue weighted by Crippen LogP contribution is 2.27. The lowest BCUT2D eigenvalue weighted by molar-refractivity contribution is 0.0954. The second-order valence-electron chi connectivity index (χ2n) is 7.29. The van der Waals surface area contributed by atoms with Crippen LogP contribution in [0.2, 0.25) is 0 Å². The Morgan fingerprint density at radius 2 is 2.12 bits per heavy atom. The van der Waals surface area contributed by atoms with Crippen LogP contribution in [0.4, 0.5) is 5.69 Å². The summed E-state index contributed by atoms with van der Waals surface area (Å²) in [6, 6.07) is 16.7. The summed E-state index contributed by atoms with van der Waals surface area (Å²) in [6.07, 6.45) is 3.51. The van der Waals surface area contributed by atoms with Gasteiger partial charge in [0, 0.05) is 37.4 Å². The van der Waals surface area contributed by atoms with Gasteiger partial charge in [-0.2, -0.15) is 0 Å². The number of fused-ring (bicyclic) bond motifs is 1. The van der Waals surface area contributed by atoms with Crippen LogP contribution < -0.4 is 15.5 Å². The molecule has 2 aliphatic heterocycles. The van der Waals surface area contributed by atoms with Crippen molar-refractivity contribution in [2.45, 2.75) is 25.2 Å². The molecule has 1 amide bonds. The van der Waals surface area contributed by atoms with E-state index in [-0.39, 0.29) is 5.91 Å². The Labute approximate surface area is 155 Å². The Bertz CT molecular complexity index is 767. The van der Waals surface area contributed by atoms with Crippen molar-refractivity contribution in [1.82, 2.24) is 10.6 Å². The maximum Gasteiger partial charge on any atom is 0.251 e. The number of hydrogen-bond donors (Lipinski definition) is 2. The van der Waals surface area contributed by atoms with Crippen molar-refractivity contribution in [2.75, 3.05) is 37.6 Å². The molecule has 2 N–H and O–H groups in total. The normalized spacial score (nSPS) is 19.2. The molecule has 1 atom stereocenters. The van der Waals surface area contributed by atoms with Crippen molar-refractivity contribution < 1.29 is 4.79 Å². The van der Waals surface area contributed by atoms with Gasteiger partial charge in [-0.3, -0.25) is 4.79 Å². The molecule has 1 fully saturated rings. The van der Waals surface area contributed by atoms with Gasteiger partial charge in [-0.05, 0) is 61.1 Å². The van der Waals surface area contributed by atoms with Gasteiger partial charge < -0.3 is 15.5 Å². The second-order valence-corrected chi connectivity index (χ2v) is 7.29. The molecule has 4 rings (SSSR count). The van der Waals surface area contributed by atoms with E-state index in [1.807, 2.05) is 12.1 Å². The summed E-state index contributed by atoms with van der Waals surface area (Å²) < 4.78 is 0. The molecule has 26 heavy (non-hydrogen) atoms. The Kier molecular flexibility index (Phi) is 5.21. The molecule has 0 bridgehead atoms. The van der Waals surface area contributed by atoms with Crippen LogP contribution in [0.5, 0.6) is 0 Å². The molecular weight excluding hydrogens is 322 g/mol. The first-order chi connectivity index (χ1) is 12.8. The summed E-state index contributed by atoms with van der Waals surface area (Å²) >= 11 is 0. The molecule has 1 unspecified atom stereocenters. The van der Waals surface area contributed by atoms with Crippen molar-refractivity contribution in [1.29, 1.82) is 0 Å². The zero-order valence-electron chi connectivity index (χ0n) is 15.2. The summed E-state index contributed by atoms with van der Waals surface area (Å²) in [7, 11) is 0. The van der Waals surface area contributed by atoms with Gasteiger partial charge in [0.2, 0.25) is 0 Å². The molecule has 4 heteroatoms. The van der Waals surface area contributed by atoms with E-state index in [0.29, 0.717) is 12.5 Å². The van der Waals surface area contributed by atoms with Gasteiger partial charge in [0.15, 0.2) is 0 Å². The Balaban J connectivity index is 1.32. The predicted octanol–water partition coefficient (Wildman–Crippen LogP) is 2.95. The van der Waals surface area contributed by atoms with Crippen molar-refractivity contribution in [3.8, 4) is 0 Å². The number of hydrogen-bond acceptors (Lipinski definition) is 3. The zero-order valence-corrected chi connectivity index (χ0v) is 15.2. The lowest BCUT2D eigenvalue weighted by atomic mass is 9.90. The van der Waals surface area contributed by atoms with Gasteiger partial charge in [-0.1, -0.05) is 30.3 Å². The van der Waals surface area contributed by atoms with Crippen LogP contribution in [0.3, 0.4) is 0 Å². The number of para-hydroxylation sites is 1. The lowest BCUT2D eigenvalue weighted by Crippen LogP contribution is -2.34. The third-order valence-electron chi connectivity index (χ3n) is 5.57. The van der Waals surface area contributed by atoms with Crippen LogP contribution in [0.1, 0.15) is 40.2 Å². The highest BCUT2D eigenvalue weighted by molar-refractivity contribution is 5.94. The highest BCUT2D eigenvalue weighted by Gasteiger charge is 2.19. The number of carbonyl (C=O) groups is 1. The molecule has 0 spiro atoms. The molecular formula is C22H27N3O. The molecule has 0 aromatic heterocycles. The number of anilines is 1. The highest BCUT2D eigenvalue weighted by atomic mass is 16.1. The molecule has 0 aliphatic carbocycles. The molecule has 4 nitrogen and oxygen atoms in total. The smallest absolute Gasteiger partial charge is 0.251 e. The molecule has 0 radical (unpaired) electrons. The number of benzene rings is 2. The molecule has 2 aromatic carbocycles. The first-order valence-corrected chi connectivity index (χ1v) is 9.73. The third-order valence-corrected chi connectivity index (χ3v) is 5.57. The third kappa shape index (κ3) is 3.75. The average molecular weight is 349 g/mol. The average Bonchev–Trinajstić information content (AvgIpc) is 3.12. The van der Waals surface area contributed by atoms with Gasteiger partial charge in [-0.15, -0.1) is 0 Å². The van der Waals surface area contributed by atoms with Crippen LogP contribution in [0.25, 0.3) is 0 Å². The van der Waals surface area contributed by atoms with Gasteiger partial charge in [0.25, 0.3) is 5.91 Å². The van der Waals surface area contributed by atoms with Gasteiger partial charge >= 0.3 is 0 Å². The van der Waals surface area contributed by atoms with Gasteiger partial charge in [0.1, 0.15) is 0 Å². The number of nitrogens with one attached hydrogen (secondary N) is 2. The van der Waals surface area contributed by atoms with Crippen molar-refractivity contribution >= 4 is 11.6 Å². The minimum atomic E-state index is 0.0306. The standard InChI is InChI=1S/C22H27N3O/c26-22(19-7-3-6-18(15-19)20-8-4-11-23-16-20)24-12-14-25-13-10-17-5-1-2-9-21(17)25/h1-3,5-7,9,15,20,23H,4,8,10-14,16H2,(H,24,26). The fraction of sp³-hybridized carbons (Fsp3) is 0.409. The minimum absolute atomic E-state index is 0.0306. The first kappa shape index (κ1) is 17.1. The zero-order chi connectivity index (χ0) is 17.8. The fourth-order valence-electron chi connectivity index (χ4n) is 4.12. The summed E-state index contributed by atoms with van der Waals surface area (Å²) in [5.74, 6) is 0.556.